The minimum Gasteiger partial charge on any atom is -0.369 e. The summed E-state index contributed by atoms with van der Waals surface area (Å²) < 4.78 is 13.3. The average molecular weight is 396 g/mol. The van der Waals surface area contributed by atoms with Crippen LogP contribution in [0.3, 0.4) is 0 Å². The first-order chi connectivity index (χ1) is 14.1. The third-order valence-corrected chi connectivity index (χ3v) is 6.66. The molecule has 2 aromatic rings. The number of hydrogen-bond acceptors (Lipinski definition) is 3. The molecule has 29 heavy (non-hydrogen) atoms. The van der Waals surface area contributed by atoms with Gasteiger partial charge >= 0.3 is 0 Å². The van der Waals surface area contributed by atoms with Crippen LogP contribution in [0.15, 0.2) is 54.6 Å². The SMILES string of the molecule is CC(CNC(=O)C1(c2ccc(F)cc2)CCC1)N1CCN(c2ccccc2)CC1. The molecule has 2 aromatic carbocycles. The predicted octanol–water partition coefficient (Wildman–Crippen LogP) is 3.57. The first kappa shape index (κ1) is 19.9. The lowest BCUT2D eigenvalue weighted by Crippen LogP contribution is -2.55. The topological polar surface area (TPSA) is 35.6 Å². The number of carbonyl (C=O) groups excluding carboxylic acids is 1. The minimum absolute atomic E-state index is 0.0881. The second kappa shape index (κ2) is 8.54. The lowest BCUT2D eigenvalue weighted by molar-refractivity contribution is -0.130. The van der Waals surface area contributed by atoms with Crippen LogP contribution >= 0.6 is 0 Å². The van der Waals surface area contributed by atoms with Crippen molar-refractivity contribution >= 4 is 11.6 Å². The normalized spacial score (nSPS) is 20.0. The third kappa shape index (κ3) is 4.15. The van der Waals surface area contributed by atoms with Crippen LogP contribution in [0.25, 0.3) is 0 Å². The molecule has 1 heterocycles. The lowest BCUT2D eigenvalue weighted by atomic mass is 9.64. The molecule has 0 radical (unpaired) electrons. The minimum atomic E-state index is -0.473. The molecule has 154 valence electrons. The molecule has 4 rings (SSSR count). The van der Waals surface area contributed by atoms with E-state index in [9.17, 15) is 9.18 Å². The third-order valence-electron chi connectivity index (χ3n) is 6.66. The second-order valence-corrected chi connectivity index (χ2v) is 8.36. The molecule has 5 heteroatoms. The maximum atomic E-state index is 13.3. The summed E-state index contributed by atoms with van der Waals surface area (Å²) in [5.74, 6) is -0.169. The Balaban J connectivity index is 1.30. The van der Waals surface area contributed by atoms with Gasteiger partial charge in [-0.2, -0.15) is 0 Å². The first-order valence-electron chi connectivity index (χ1n) is 10.7. The van der Waals surface area contributed by atoms with Crippen LogP contribution in [0.4, 0.5) is 10.1 Å². The van der Waals surface area contributed by atoms with E-state index in [2.05, 4.69) is 46.3 Å². The van der Waals surface area contributed by atoms with E-state index in [1.54, 1.807) is 12.1 Å². The van der Waals surface area contributed by atoms with E-state index in [-0.39, 0.29) is 11.7 Å². The number of anilines is 1. The van der Waals surface area contributed by atoms with Gasteiger partial charge in [-0.3, -0.25) is 9.69 Å². The van der Waals surface area contributed by atoms with Gasteiger partial charge in [0.25, 0.3) is 0 Å². The first-order valence-corrected chi connectivity index (χ1v) is 10.7. The van der Waals surface area contributed by atoms with E-state index in [4.69, 9.17) is 0 Å². The molecule has 2 aliphatic rings. The van der Waals surface area contributed by atoms with Gasteiger partial charge in [0.2, 0.25) is 5.91 Å². The fraction of sp³-hybridized carbons (Fsp3) is 0.458. The van der Waals surface area contributed by atoms with Gasteiger partial charge in [0.05, 0.1) is 5.41 Å². The standard InChI is InChI=1S/C24H30FN3O/c1-19(27-14-16-28(17-15-27)22-6-3-2-4-7-22)18-26-23(29)24(12-5-13-24)20-8-10-21(25)11-9-20/h2-4,6-11,19H,5,12-18H2,1H3,(H,26,29). The zero-order chi connectivity index (χ0) is 20.3. The highest BCUT2D eigenvalue weighted by atomic mass is 19.1. The molecule has 1 amide bonds. The summed E-state index contributed by atoms with van der Waals surface area (Å²) in [6.07, 6.45) is 2.73. The summed E-state index contributed by atoms with van der Waals surface area (Å²) in [7, 11) is 0. The number of rotatable bonds is 6. The number of amides is 1. The summed E-state index contributed by atoms with van der Waals surface area (Å²) in [6, 6.07) is 17.3. The van der Waals surface area contributed by atoms with E-state index in [1.807, 2.05) is 6.07 Å². The molecular weight excluding hydrogens is 365 g/mol. The summed E-state index contributed by atoms with van der Waals surface area (Å²) >= 11 is 0. The predicted molar refractivity (Wildman–Crippen MR) is 115 cm³/mol. The Hall–Kier alpha value is -2.40. The van der Waals surface area contributed by atoms with Crippen LogP contribution < -0.4 is 10.2 Å². The Morgan fingerprint density at radius 1 is 1.03 bits per heavy atom. The molecule has 2 fully saturated rings. The molecule has 1 aliphatic heterocycles. The van der Waals surface area contributed by atoms with Crippen molar-refractivity contribution in [3.8, 4) is 0 Å². The fourth-order valence-corrected chi connectivity index (χ4v) is 4.54. The number of halogens is 1. The molecule has 1 saturated carbocycles. The second-order valence-electron chi connectivity index (χ2n) is 8.36. The van der Waals surface area contributed by atoms with E-state index in [0.717, 1.165) is 51.0 Å². The Labute approximate surface area is 172 Å². The summed E-state index contributed by atoms with van der Waals surface area (Å²) in [5.41, 5.74) is 1.74. The van der Waals surface area contributed by atoms with E-state index in [0.29, 0.717) is 12.6 Å². The van der Waals surface area contributed by atoms with Gasteiger partial charge in [0.15, 0.2) is 0 Å². The fourth-order valence-electron chi connectivity index (χ4n) is 4.54. The van der Waals surface area contributed by atoms with Crippen molar-refractivity contribution in [1.29, 1.82) is 0 Å². The molecular formula is C24H30FN3O. The van der Waals surface area contributed by atoms with Crippen LogP contribution in [-0.2, 0) is 10.2 Å². The zero-order valence-electron chi connectivity index (χ0n) is 17.1. The van der Waals surface area contributed by atoms with Gasteiger partial charge in [-0.25, -0.2) is 4.39 Å². The Morgan fingerprint density at radius 3 is 2.28 bits per heavy atom. The molecule has 1 saturated heterocycles. The largest absolute Gasteiger partial charge is 0.369 e. The highest BCUT2D eigenvalue weighted by Crippen LogP contribution is 2.44. The number of hydrogen-bond donors (Lipinski definition) is 1. The van der Waals surface area contributed by atoms with Crippen LogP contribution in [0.5, 0.6) is 0 Å². The molecule has 0 bridgehead atoms. The lowest BCUT2D eigenvalue weighted by Gasteiger charge is -2.42. The summed E-state index contributed by atoms with van der Waals surface area (Å²) in [4.78, 5) is 17.9. The van der Waals surface area contributed by atoms with Gasteiger partial charge in [0.1, 0.15) is 5.82 Å². The highest BCUT2D eigenvalue weighted by Gasteiger charge is 2.45. The smallest absolute Gasteiger partial charge is 0.230 e. The molecule has 4 nitrogen and oxygen atoms in total. The van der Waals surface area contributed by atoms with Gasteiger partial charge in [-0.1, -0.05) is 36.8 Å². The number of nitrogens with one attached hydrogen (secondary N) is 1. The summed E-state index contributed by atoms with van der Waals surface area (Å²) in [5, 5.41) is 3.19. The number of nitrogens with zero attached hydrogens (tertiary/aromatic N) is 2. The van der Waals surface area contributed by atoms with Crippen molar-refractivity contribution < 1.29 is 9.18 Å². The van der Waals surface area contributed by atoms with Crippen molar-refractivity contribution in [2.75, 3.05) is 37.6 Å². The Kier molecular flexibility index (Phi) is 5.86. The van der Waals surface area contributed by atoms with Gasteiger partial charge in [-0.15, -0.1) is 0 Å². The quantitative estimate of drug-likeness (QED) is 0.812. The molecule has 1 unspecified atom stereocenters. The van der Waals surface area contributed by atoms with Crippen molar-refractivity contribution in [1.82, 2.24) is 10.2 Å². The van der Waals surface area contributed by atoms with Crippen molar-refractivity contribution in [2.24, 2.45) is 0 Å². The van der Waals surface area contributed by atoms with E-state index in [1.165, 1.54) is 17.8 Å². The summed E-state index contributed by atoms with van der Waals surface area (Å²) in [6.45, 7) is 6.82. The van der Waals surface area contributed by atoms with Crippen molar-refractivity contribution in [2.45, 2.75) is 37.6 Å². The van der Waals surface area contributed by atoms with Crippen LogP contribution in [0.1, 0.15) is 31.7 Å². The van der Waals surface area contributed by atoms with E-state index >= 15 is 0 Å². The Morgan fingerprint density at radius 2 is 1.69 bits per heavy atom. The van der Waals surface area contributed by atoms with Crippen LogP contribution in [0, 0.1) is 5.82 Å². The van der Waals surface area contributed by atoms with Gasteiger partial charge < -0.3 is 10.2 Å². The number of para-hydroxylation sites is 1. The molecule has 0 aromatic heterocycles. The molecule has 0 spiro atoms. The average Bonchev–Trinajstić information content (AvgIpc) is 2.73. The van der Waals surface area contributed by atoms with Gasteiger partial charge in [0, 0.05) is 44.5 Å². The van der Waals surface area contributed by atoms with Gasteiger partial charge in [-0.05, 0) is 49.6 Å². The zero-order valence-corrected chi connectivity index (χ0v) is 17.1. The monoisotopic (exact) mass is 395 g/mol. The molecule has 1 aliphatic carbocycles. The maximum Gasteiger partial charge on any atom is 0.230 e. The van der Waals surface area contributed by atoms with Crippen LogP contribution in [0.2, 0.25) is 0 Å². The van der Waals surface area contributed by atoms with Crippen molar-refractivity contribution in [3.05, 3.63) is 66.0 Å². The number of carbonyl (C=O) groups is 1. The number of benzene rings is 2. The van der Waals surface area contributed by atoms with Crippen molar-refractivity contribution in [3.63, 3.8) is 0 Å². The number of piperazine rings is 1. The highest BCUT2D eigenvalue weighted by molar-refractivity contribution is 5.89. The van der Waals surface area contributed by atoms with Crippen LogP contribution in [-0.4, -0.2) is 49.6 Å². The van der Waals surface area contributed by atoms with E-state index < -0.39 is 5.41 Å². The maximum absolute atomic E-state index is 13.3. The molecule has 1 N–H and O–H groups in total. The Bertz CT molecular complexity index is 812. The molecule has 1 atom stereocenters.